The van der Waals surface area contributed by atoms with Gasteiger partial charge < -0.3 is 9.88 Å². The number of aryl methyl sites for hydroxylation is 2. The number of rotatable bonds is 6. The third kappa shape index (κ3) is 5.06. The lowest BCUT2D eigenvalue weighted by Crippen LogP contribution is -2.36. The Labute approximate surface area is 217 Å². The van der Waals surface area contributed by atoms with Crippen molar-refractivity contribution >= 4 is 51.5 Å². The normalized spacial score (nSPS) is 14.7. The first-order valence-corrected chi connectivity index (χ1v) is 12.6. The number of carbonyl (C=O) groups is 3. The van der Waals surface area contributed by atoms with Gasteiger partial charge in [0.2, 0.25) is 5.91 Å². The predicted octanol–water partition coefficient (Wildman–Crippen LogP) is 6.12. The number of carbonyl (C=O) groups excluding carboxylic acids is 3. The Kier molecular flexibility index (Phi) is 6.67. The van der Waals surface area contributed by atoms with E-state index in [0.29, 0.717) is 17.8 Å². The molecule has 186 valence electrons. The summed E-state index contributed by atoms with van der Waals surface area (Å²) in [7, 11) is 0. The summed E-state index contributed by atoms with van der Waals surface area (Å²) in [5.41, 5.74) is 4.77. The maximum atomic E-state index is 14.3. The van der Waals surface area contributed by atoms with Crippen molar-refractivity contribution in [2.24, 2.45) is 0 Å². The Morgan fingerprint density at radius 2 is 1.78 bits per heavy atom. The Balaban J connectivity index is 1.38. The highest BCUT2D eigenvalue weighted by molar-refractivity contribution is 8.18. The first kappa shape index (κ1) is 24.5. The smallest absolute Gasteiger partial charge is 0.294 e. The van der Waals surface area contributed by atoms with Crippen molar-refractivity contribution in [1.29, 1.82) is 0 Å². The lowest BCUT2D eigenvalue weighted by molar-refractivity contribution is -0.127. The van der Waals surface area contributed by atoms with Gasteiger partial charge in [-0.3, -0.25) is 19.3 Å². The number of halogens is 1. The third-order valence-corrected chi connectivity index (χ3v) is 7.14. The average molecular weight is 514 g/mol. The molecule has 1 aliphatic rings. The molecule has 1 N–H and O–H groups in total. The summed E-state index contributed by atoms with van der Waals surface area (Å²) >= 11 is 0.804. The molecule has 1 aromatic heterocycles. The fraction of sp³-hybridized carbons (Fsp3) is 0.138. The van der Waals surface area contributed by atoms with Crippen molar-refractivity contribution < 1.29 is 18.8 Å². The van der Waals surface area contributed by atoms with E-state index in [1.807, 2.05) is 61.0 Å². The van der Waals surface area contributed by atoms with E-state index >= 15 is 0 Å². The molecule has 0 unspecified atom stereocenters. The van der Waals surface area contributed by atoms with Crippen molar-refractivity contribution in [3.05, 3.63) is 106 Å². The summed E-state index contributed by atoms with van der Waals surface area (Å²) in [6.45, 7) is 3.79. The number of fused-ring (bicyclic) bond motifs is 1. The zero-order chi connectivity index (χ0) is 26.1. The molecule has 0 saturated carbocycles. The number of nitrogens with one attached hydrogen (secondary N) is 1. The standard InChI is InChI=1S/C29H24FN3O3S/c1-18-11-12-24(19(2)13-18)31-27(34)17-33-28(35)26(37-29(33)36)14-21-16-32(25-10-6-4-8-22(21)25)15-20-7-3-5-9-23(20)30/h3-14,16H,15,17H2,1-2H3,(H,31,34)/b26-14-. The third-order valence-electron chi connectivity index (χ3n) is 6.24. The highest BCUT2D eigenvalue weighted by atomic mass is 32.2. The number of hydrogen-bond donors (Lipinski definition) is 1. The number of thioether (sulfide) groups is 1. The molecule has 8 heteroatoms. The van der Waals surface area contributed by atoms with Crippen molar-refractivity contribution in [2.75, 3.05) is 11.9 Å². The van der Waals surface area contributed by atoms with Crippen LogP contribution in [0.4, 0.5) is 14.9 Å². The van der Waals surface area contributed by atoms with Gasteiger partial charge in [0.05, 0.1) is 11.4 Å². The zero-order valence-electron chi connectivity index (χ0n) is 20.3. The van der Waals surface area contributed by atoms with E-state index in [9.17, 15) is 18.8 Å². The van der Waals surface area contributed by atoms with Crippen LogP contribution in [0.5, 0.6) is 0 Å². The quantitative estimate of drug-likeness (QED) is 0.315. The minimum absolute atomic E-state index is 0.234. The summed E-state index contributed by atoms with van der Waals surface area (Å²) < 4.78 is 16.2. The number of imide groups is 1. The minimum Gasteiger partial charge on any atom is -0.342 e. The topological polar surface area (TPSA) is 71.4 Å². The van der Waals surface area contributed by atoms with Crippen molar-refractivity contribution in [1.82, 2.24) is 9.47 Å². The molecule has 6 nitrogen and oxygen atoms in total. The van der Waals surface area contributed by atoms with Crippen molar-refractivity contribution in [3.8, 4) is 0 Å². The van der Waals surface area contributed by atoms with Gasteiger partial charge in [0.25, 0.3) is 11.1 Å². The van der Waals surface area contributed by atoms with Gasteiger partial charge in [-0.2, -0.15) is 0 Å². The largest absolute Gasteiger partial charge is 0.342 e. The second-order valence-corrected chi connectivity index (χ2v) is 9.95. The first-order valence-electron chi connectivity index (χ1n) is 11.7. The molecule has 3 aromatic carbocycles. The van der Waals surface area contributed by atoms with Crippen LogP contribution in [0, 0.1) is 19.7 Å². The number of benzene rings is 3. The van der Waals surface area contributed by atoms with Crippen LogP contribution < -0.4 is 5.32 Å². The number of aromatic nitrogens is 1. The van der Waals surface area contributed by atoms with Crippen LogP contribution in [-0.4, -0.2) is 33.1 Å². The Bertz CT molecular complexity index is 1590. The van der Waals surface area contributed by atoms with E-state index in [4.69, 9.17) is 0 Å². The molecule has 0 radical (unpaired) electrons. The second-order valence-electron chi connectivity index (χ2n) is 8.96. The molecule has 37 heavy (non-hydrogen) atoms. The van der Waals surface area contributed by atoms with Gasteiger partial charge >= 0.3 is 0 Å². The van der Waals surface area contributed by atoms with Crippen molar-refractivity contribution in [2.45, 2.75) is 20.4 Å². The number of para-hydroxylation sites is 1. The van der Waals surface area contributed by atoms with E-state index < -0.39 is 17.1 Å². The molecule has 0 bridgehead atoms. The molecule has 2 heterocycles. The highest BCUT2D eigenvalue weighted by Crippen LogP contribution is 2.34. The summed E-state index contributed by atoms with van der Waals surface area (Å²) in [5.74, 6) is -1.25. The molecule has 0 atom stereocenters. The minimum atomic E-state index is -0.517. The molecule has 3 amide bonds. The summed E-state index contributed by atoms with van der Waals surface area (Å²) in [4.78, 5) is 39.5. The molecular formula is C29H24FN3O3S. The molecule has 1 saturated heterocycles. The van der Waals surface area contributed by atoms with Crippen LogP contribution in [-0.2, 0) is 16.1 Å². The summed E-state index contributed by atoms with van der Waals surface area (Å²) in [6, 6.07) is 19.8. The van der Waals surface area contributed by atoms with Crippen LogP contribution in [0.25, 0.3) is 17.0 Å². The lowest BCUT2D eigenvalue weighted by Gasteiger charge is -2.13. The van der Waals surface area contributed by atoms with Gasteiger partial charge in [0.1, 0.15) is 12.4 Å². The van der Waals surface area contributed by atoms with Crippen LogP contribution in [0.2, 0.25) is 0 Å². The fourth-order valence-electron chi connectivity index (χ4n) is 4.40. The Morgan fingerprint density at radius 3 is 2.57 bits per heavy atom. The lowest BCUT2D eigenvalue weighted by atomic mass is 10.1. The predicted molar refractivity (Wildman–Crippen MR) is 145 cm³/mol. The summed E-state index contributed by atoms with van der Waals surface area (Å²) in [5, 5.41) is 3.15. The van der Waals surface area contributed by atoms with E-state index in [1.165, 1.54) is 6.07 Å². The Morgan fingerprint density at radius 1 is 1.03 bits per heavy atom. The number of amides is 3. The number of hydrogen-bond acceptors (Lipinski definition) is 4. The molecular weight excluding hydrogens is 489 g/mol. The average Bonchev–Trinajstić information content (AvgIpc) is 3.34. The van der Waals surface area contributed by atoms with Gasteiger partial charge in [-0.1, -0.05) is 54.1 Å². The molecule has 4 aromatic rings. The number of anilines is 1. The molecule has 1 aliphatic heterocycles. The highest BCUT2D eigenvalue weighted by Gasteiger charge is 2.36. The molecule has 5 rings (SSSR count). The maximum Gasteiger partial charge on any atom is 0.294 e. The van der Waals surface area contributed by atoms with E-state index in [1.54, 1.807) is 30.3 Å². The maximum absolute atomic E-state index is 14.3. The molecule has 1 fully saturated rings. The van der Waals surface area contributed by atoms with Gasteiger partial charge in [-0.15, -0.1) is 0 Å². The van der Waals surface area contributed by atoms with Crippen LogP contribution in [0.1, 0.15) is 22.3 Å². The Hall–Kier alpha value is -4.17. The van der Waals surface area contributed by atoms with Gasteiger partial charge in [0, 0.05) is 33.9 Å². The second kappa shape index (κ2) is 10.1. The van der Waals surface area contributed by atoms with Crippen LogP contribution in [0.3, 0.4) is 0 Å². The number of nitrogens with zero attached hydrogens (tertiary/aromatic N) is 2. The van der Waals surface area contributed by atoms with Gasteiger partial charge in [0.15, 0.2) is 0 Å². The first-order chi connectivity index (χ1) is 17.8. The van der Waals surface area contributed by atoms with Crippen molar-refractivity contribution in [3.63, 3.8) is 0 Å². The van der Waals surface area contributed by atoms with Crippen LogP contribution >= 0.6 is 11.8 Å². The summed E-state index contributed by atoms with van der Waals surface area (Å²) in [6.07, 6.45) is 3.51. The monoisotopic (exact) mass is 513 g/mol. The van der Waals surface area contributed by atoms with Crippen LogP contribution in [0.15, 0.2) is 77.8 Å². The SMILES string of the molecule is Cc1ccc(NC(=O)CN2C(=O)S/C(=C\c3cn(Cc4ccccc4F)c4ccccc34)C2=O)c(C)c1. The van der Waals surface area contributed by atoms with E-state index in [0.717, 1.165) is 44.3 Å². The van der Waals surface area contributed by atoms with Gasteiger partial charge in [-0.25, -0.2) is 4.39 Å². The fourth-order valence-corrected chi connectivity index (χ4v) is 5.23. The molecule has 0 aliphatic carbocycles. The van der Waals surface area contributed by atoms with Gasteiger partial charge in [-0.05, 0) is 55.4 Å². The van der Waals surface area contributed by atoms with E-state index in [-0.39, 0.29) is 17.3 Å². The van der Waals surface area contributed by atoms with E-state index in [2.05, 4.69) is 5.32 Å². The molecule has 0 spiro atoms. The zero-order valence-corrected chi connectivity index (χ0v) is 21.1.